The van der Waals surface area contributed by atoms with E-state index >= 15 is 0 Å². The van der Waals surface area contributed by atoms with Crippen LogP contribution in [0.25, 0.3) is 0 Å². The summed E-state index contributed by atoms with van der Waals surface area (Å²) in [6.45, 7) is 10.8. The predicted octanol–water partition coefficient (Wildman–Crippen LogP) is 2.28. The van der Waals surface area contributed by atoms with Crippen molar-refractivity contribution in [2.75, 3.05) is 26.2 Å². The van der Waals surface area contributed by atoms with E-state index in [2.05, 4.69) is 60.7 Å². The molecule has 0 bridgehead atoms. The van der Waals surface area contributed by atoms with E-state index in [1.165, 1.54) is 11.1 Å². The second-order valence-electron chi connectivity index (χ2n) is 5.70. The fraction of sp³-hybridized carbons (Fsp3) is 0.588. The van der Waals surface area contributed by atoms with E-state index in [1.54, 1.807) is 0 Å². The van der Waals surface area contributed by atoms with Crippen LogP contribution >= 0.6 is 0 Å². The minimum atomic E-state index is 0.169. The van der Waals surface area contributed by atoms with Gasteiger partial charge in [-0.2, -0.15) is 0 Å². The molecule has 0 saturated carbocycles. The number of aryl methyl sites for hydroxylation is 1. The molecule has 0 aliphatic carbocycles. The highest BCUT2D eigenvalue weighted by Gasteiger charge is 2.07. The lowest BCUT2D eigenvalue weighted by Crippen LogP contribution is -2.39. The Hall–Kier alpha value is -1.55. The second-order valence-corrected chi connectivity index (χ2v) is 5.70. The van der Waals surface area contributed by atoms with Gasteiger partial charge in [-0.25, -0.2) is 0 Å². The molecular weight excluding hydrogens is 262 g/mol. The second kappa shape index (κ2) is 9.40. The van der Waals surface area contributed by atoms with E-state index in [9.17, 15) is 0 Å². The van der Waals surface area contributed by atoms with Gasteiger partial charge < -0.3 is 15.7 Å². The molecular formula is C17H29N3O. The van der Waals surface area contributed by atoms with Crippen LogP contribution in [0.15, 0.2) is 29.3 Å². The van der Waals surface area contributed by atoms with Gasteiger partial charge in [-0.1, -0.05) is 43.7 Å². The molecule has 0 heterocycles. The molecule has 0 aromatic heterocycles. The Labute approximate surface area is 128 Å². The smallest absolute Gasteiger partial charge is 0.191 e. The van der Waals surface area contributed by atoms with Gasteiger partial charge in [0, 0.05) is 26.2 Å². The van der Waals surface area contributed by atoms with Crippen LogP contribution in [-0.4, -0.2) is 37.3 Å². The van der Waals surface area contributed by atoms with Crippen LogP contribution < -0.4 is 10.6 Å². The highest BCUT2D eigenvalue weighted by molar-refractivity contribution is 5.79. The molecule has 2 unspecified atom stereocenters. The fourth-order valence-electron chi connectivity index (χ4n) is 1.91. The van der Waals surface area contributed by atoms with E-state index in [0.29, 0.717) is 12.5 Å². The number of benzene rings is 1. The minimum Gasteiger partial charge on any atom is -0.396 e. The first-order valence-corrected chi connectivity index (χ1v) is 7.76. The molecule has 0 saturated heterocycles. The Morgan fingerprint density at radius 3 is 2.43 bits per heavy atom. The van der Waals surface area contributed by atoms with Crippen molar-refractivity contribution < 1.29 is 5.11 Å². The summed E-state index contributed by atoms with van der Waals surface area (Å²) >= 11 is 0. The van der Waals surface area contributed by atoms with Crippen molar-refractivity contribution in [1.82, 2.24) is 10.6 Å². The van der Waals surface area contributed by atoms with Crippen molar-refractivity contribution in [3.63, 3.8) is 0 Å². The maximum atomic E-state index is 9.06. The molecule has 2 atom stereocenters. The quantitative estimate of drug-likeness (QED) is 0.533. The summed E-state index contributed by atoms with van der Waals surface area (Å²) in [5, 5.41) is 15.7. The Kier molecular flexibility index (Phi) is 7.83. The molecule has 0 aliphatic rings. The van der Waals surface area contributed by atoms with Crippen LogP contribution in [0.5, 0.6) is 0 Å². The normalized spacial score (nSPS) is 14.6. The van der Waals surface area contributed by atoms with E-state index in [-0.39, 0.29) is 12.5 Å². The van der Waals surface area contributed by atoms with Crippen molar-refractivity contribution in [3.8, 4) is 0 Å². The van der Waals surface area contributed by atoms with Crippen molar-refractivity contribution in [3.05, 3.63) is 35.4 Å². The summed E-state index contributed by atoms with van der Waals surface area (Å²) in [5.74, 6) is 1.43. The predicted molar refractivity (Wildman–Crippen MR) is 89.8 cm³/mol. The molecule has 0 radical (unpaired) electrons. The Bertz CT molecular complexity index is 428. The summed E-state index contributed by atoms with van der Waals surface area (Å²) in [4.78, 5) is 4.50. The van der Waals surface area contributed by atoms with Gasteiger partial charge in [-0.3, -0.25) is 4.99 Å². The number of hydrogen-bond acceptors (Lipinski definition) is 2. The van der Waals surface area contributed by atoms with Gasteiger partial charge in [-0.15, -0.1) is 0 Å². The lowest BCUT2D eigenvalue weighted by Gasteiger charge is -2.17. The molecule has 21 heavy (non-hydrogen) atoms. The highest BCUT2D eigenvalue weighted by Crippen LogP contribution is 2.14. The van der Waals surface area contributed by atoms with E-state index in [4.69, 9.17) is 5.11 Å². The molecule has 1 aromatic rings. The summed E-state index contributed by atoms with van der Waals surface area (Å²) in [5.41, 5.74) is 2.61. The number of aliphatic imine (C=N–C) groups is 1. The number of rotatable bonds is 7. The fourth-order valence-corrected chi connectivity index (χ4v) is 1.91. The molecule has 0 aliphatic heterocycles. The van der Waals surface area contributed by atoms with Crippen molar-refractivity contribution in [2.45, 2.75) is 33.6 Å². The lowest BCUT2D eigenvalue weighted by atomic mass is 10.0. The van der Waals surface area contributed by atoms with Gasteiger partial charge in [0.2, 0.25) is 0 Å². The summed E-state index contributed by atoms with van der Waals surface area (Å²) in [7, 11) is 0. The van der Waals surface area contributed by atoms with E-state index < -0.39 is 0 Å². The third-order valence-corrected chi connectivity index (χ3v) is 3.44. The molecule has 3 N–H and O–H groups in total. The van der Waals surface area contributed by atoms with E-state index in [1.807, 2.05) is 6.92 Å². The van der Waals surface area contributed by atoms with Crippen molar-refractivity contribution >= 4 is 5.96 Å². The zero-order chi connectivity index (χ0) is 15.7. The molecule has 0 spiro atoms. The average Bonchev–Trinajstić information content (AvgIpc) is 2.50. The van der Waals surface area contributed by atoms with Crippen molar-refractivity contribution in [2.24, 2.45) is 10.9 Å². The zero-order valence-corrected chi connectivity index (χ0v) is 13.7. The molecule has 4 heteroatoms. The summed E-state index contributed by atoms with van der Waals surface area (Å²) < 4.78 is 0. The molecule has 118 valence electrons. The van der Waals surface area contributed by atoms with Crippen LogP contribution in [-0.2, 0) is 0 Å². The molecule has 0 fully saturated rings. The molecule has 1 rings (SSSR count). The van der Waals surface area contributed by atoms with E-state index in [0.717, 1.165) is 19.0 Å². The SMILES string of the molecule is CCNC(=NCC(C)CO)NCC(C)c1ccc(C)cc1. The highest BCUT2D eigenvalue weighted by atomic mass is 16.3. The Morgan fingerprint density at radius 1 is 1.19 bits per heavy atom. The largest absolute Gasteiger partial charge is 0.396 e. The monoisotopic (exact) mass is 291 g/mol. The number of nitrogens with zero attached hydrogens (tertiary/aromatic N) is 1. The molecule has 1 aromatic carbocycles. The number of guanidine groups is 1. The van der Waals surface area contributed by atoms with Gasteiger partial charge in [0.25, 0.3) is 0 Å². The average molecular weight is 291 g/mol. The number of nitrogens with one attached hydrogen (secondary N) is 2. The van der Waals surface area contributed by atoms with Gasteiger partial charge in [-0.05, 0) is 31.2 Å². The third kappa shape index (κ3) is 6.63. The summed E-state index contributed by atoms with van der Waals surface area (Å²) in [6, 6.07) is 8.65. The van der Waals surface area contributed by atoms with Crippen LogP contribution in [0.2, 0.25) is 0 Å². The van der Waals surface area contributed by atoms with Crippen LogP contribution in [0.1, 0.15) is 37.8 Å². The minimum absolute atomic E-state index is 0.169. The van der Waals surface area contributed by atoms with Crippen molar-refractivity contribution in [1.29, 1.82) is 0 Å². The lowest BCUT2D eigenvalue weighted by molar-refractivity contribution is 0.241. The van der Waals surface area contributed by atoms with Gasteiger partial charge in [0.05, 0.1) is 0 Å². The first-order valence-electron chi connectivity index (χ1n) is 7.76. The zero-order valence-electron chi connectivity index (χ0n) is 13.7. The summed E-state index contributed by atoms with van der Waals surface area (Å²) in [6.07, 6.45) is 0. The first-order chi connectivity index (χ1) is 10.1. The first kappa shape index (κ1) is 17.5. The molecule has 4 nitrogen and oxygen atoms in total. The number of hydrogen-bond donors (Lipinski definition) is 3. The number of aliphatic hydroxyl groups excluding tert-OH is 1. The van der Waals surface area contributed by atoms with Gasteiger partial charge in [0.15, 0.2) is 5.96 Å². The van der Waals surface area contributed by atoms with Gasteiger partial charge >= 0.3 is 0 Å². The third-order valence-electron chi connectivity index (χ3n) is 3.44. The van der Waals surface area contributed by atoms with Gasteiger partial charge in [0.1, 0.15) is 0 Å². The van der Waals surface area contributed by atoms with Crippen LogP contribution in [0.3, 0.4) is 0 Å². The van der Waals surface area contributed by atoms with Crippen LogP contribution in [0.4, 0.5) is 0 Å². The Balaban J connectivity index is 2.53. The maximum Gasteiger partial charge on any atom is 0.191 e. The van der Waals surface area contributed by atoms with Crippen LogP contribution in [0, 0.1) is 12.8 Å². The Morgan fingerprint density at radius 2 is 1.86 bits per heavy atom. The molecule has 0 amide bonds. The number of aliphatic hydroxyl groups is 1. The topological polar surface area (TPSA) is 56.7 Å². The maximum absolute atomic E-state index is 9.06. The standard InChI is InChI=1S/C17H29N3O/c1-5-18-17(19-10-14(3)12-21)20-11-15(4)16-8-6-13(2)7-9-16/h6-9,14-15,21H,5,10-12H2,1-4H3,(H2,18,19,20).